The molecule has 0 radical (unpaired) electrons. The molecule has 0 aliphatic carbocycles. The van der Waals surface area contributed by atoms with Crippen molar-refractivity contribution < 1.29 is 19.4 Å². The van der Waals surface area contributed by atoms with Crippen LogP contribution in [0.25, 0.3) is 0 Å². The van der Waals surface area contributed by atoms with E-state index in [9.17, 15) is 9.59 Å². The predicted octanol–water partition coefficient (Wildman–Crippen LogP) is 0.00380. The van der Waals surface area contributed by atoms with Crippen LogP contribution in [0.5, 0.6) is 0 Å². The molecular weight excluding hydrogens is 264 g/mol. The number of hydrogen-bond donors (Lipinski definition) is 1. The van der Waals surface area contributed by atoms with Gasteiger partial charge in [0.1, 0.15) is 6.54 Å². The van der Waals surface area contributed by atoms with E-state index in [0.29, 0.717) is 13.1 Å². The highest BCUT2D eigenvalue weighted by Gasteiger charge is 2.22. The molecule has 1 fully saturated rings. The highest BCUT2D eigenvalue weighted by molar-refractivity contribution is 5.84. The fourth-order valence-electron chi connectivity index (χ4n) is 2.15. The average molecular weight is 282 g/mol. The maximum Gasteiger partial charge on any atom is 0.358 e. The third kappa shape index (κ3) is 3.53. The number of ether oxygens (including phenoxy) is 1. The first-order valence-corrected chi connectivity index (χ1v) is 6.63. The van der Waals surface area contributed by atoms with Crippen molar-refractivity contribution in [3.8, 4) is 0 Å². The SMILES string of the molecule is CCN(CC1CCCO1)C(=O)Cn1cc(C(=O)O)nn1. The van der Waals surface area contributed by atoms with Gasteiger partial charge in [-0.2, -0.15) is 0 Å². The number of carbonyl (C=O) groups is 2. The maximum absolute atomic E-state index is 12.1. The number of carbonyl (C=O) groups excluding carboxylic acids is 1. The summed E-state index contributed by atoms with van der Waals surface area (Å²) < 4.78 is 6.75. The first-order valence-electron chi connectivity index (χ1n) is 6.63. The van der Waals surface area contributed by atoms with Gasteiger partial charge >= 0.3 is 5.97 Å². The molecule has 2 rings (SSSR count). The summed E-state index contributed by atoms with van der Waals surface area (Å²) >= 11 is 0. The maximum atomic E-state index is 12.1. The van der Waals surface area contributed by atoms with E-state index in [4.69, 9.17) is 9.84 Å². The summed E-state index contributed by atoms with van der Waals surface area (Å²) in [5.41, 5.74) is -0.167. The Morgan fingerprint density at radius 2 is 2.40 bits per heavy atom. The summed E-state index contributed by atoms with van der Waals surface area (Å²) in [5.74, 6) is -1.28. The number of amides is 1. The third-order valence-electron chi connectivity index (χ3n) is 3.24. The van der Waals surface area contributed by atoms with Crippen LogP contribution in [0.3, 0.4) is 0 Å². The summed E-state index contributed by atoms with van der Waals surface area (Å²) in [4.78, 5) is 24.5. The van der Waals surface area contributed by atoms with E-state index in [0.717, 1.165) is 19.4 Å². The largest absolute Gasteiger partial charge is 0.476 e. The highest BCUT2D eigenvalue weighted by Crippen LogP contribution is 2.13. The van der Waals surface area contributed by atoms with E-state index in [-0.39, 0.29) is 24.2 Å². The van der Waals surface area contributed by atoms with Crippen molar-refractivity contribution in [1.82, 2.24) is 19.9 Å². The fourth-order valence-corrected chi connectivity index (χ4v) is 2.15. The van der Waals surface area contributed by atoms with Crippen molar-refractivity contribution in [1.29, 1.82) is 0 Å². The molecule has 1 N–H and O–H groups in total. The van der Waals surface area contributed by atoms with Crippen molar-refractivity contribution in [2.45, 2.75) is 32.4 Å². The molecule has 0 bridgehead atoms. The van der Waals surface area contributed by atoms with Crippen molar-refractivity contribution in [3.63, 3.8) is 0 Å². The molecule has 8 heteroatoms. The minimum absolute atomic E-state index is 0.0131. The Kier molecular flexibility index (Phi) is 4.67. The Bertz CT molecular complexity index is 482. The molecular formula is C12H18N4O4. The van der Waals surface area contributed by atoms with Crippen LogP contribution in [0, 0.1) is 0 Å². The minimum atomic E-state index is -1.16. The topological polar surface area (TPSA) is 97.5 Å². The van der Waals surface area contributed by atoms with Crippen LogP contribution in [0.4, 0.5) is 0 Å². The summed E-state index contributed by atoms with van der Waals surface area (Å²) in [6.07, 6.45) is 3.35. The van der Waals surface area contributed by atoms with E-state index in [1.165, 1.54) is 10.9 Å². The normalized spacial score (nSPS) is 18.1. The summed E-state index contributed by atoms with van der Waals surface area (Å²) in [6, 6.07) is 0. The zero-order chi connectivity index (χ0) is 14.5. The van der Waals surface area contributed by atoms with Crippen molar-refractivity contribution >= 4 is 11.9 Å². The number of carboxylic acid groups (broad SMARTS) is 1. The number of aromatic nitrogens is 3. The second-order valence-corrected chi connectivity index (χ2v) is 4.67. The molecule has 8 nitrogen and oxygen atoms in total. The first-order chi connectivity index (χ1) is 9.60. The zero-order valence-corrected chi connectivity index (χ0v) is 11.4. The highest BCUT2D eigenvalue weighted by atomic mass is 16.5. The smallest absolute Gasteiger partial charge is 0.358 e. The van der Waals surface area contributed by atoms with E-state index in [1.807, 2.05) is 6.92 Å². The number of likely N-dealkylation sites (N-methyl/N-ethyl adjacent to an activating group) is 1. The van der Waals surface area contributed by atoms with Gasteiger partial charge < -0.3 is 14.7 Å². The molecule has 1 aliphatic heterocycles. The van der Waals surface area contributed by atoms with Crippen LogP contribution in [0.1, 0.15) is 30.3 Å². The number of rotatable bonds is 6. The van der Waals surface area contributed by atoms with Gasteiger partial charge in [-0.05, 0) is 19.8 Å². The van der Waals surface area contributed by atoms with Gasteiger partial charge in [0.15, 0.2) is 5.69 Å². The standard InChI is InChI=1S/C12H18N4O4/c1-2-15(6-9-4-3-5-20-9)11(17)8-16-7-10(12(18)19)13-14-16/h7,9H,2-6,8H2,1H3,(H,18,19). The molecule has 2 heterocycles. The van der Waals surface area contributed by atoms with Crippen molar-refractivity contribution in [2.75, 3.05) is 19.7 Å². The van der Waals surface area contributed by atoms with E-state index in [1.54, 1.807) is 4.90 Å². The Balaban J connectivity index is 1.92. The number of hydrogen-bond acceptors (Lipinski definition) is 5. The number of carboxylic acids is 1. The lowest BCUT2D eigenvalue weighted by molar-refractivity contribution is -0.133. The van der Waals surface area contributed by atoms with Gasteiger partial charge in [-0.1, -0.05) is 5.21 Å². The minimum Gasteiger partial charge on any atom is -0.476 e. The molecule has 1 aromatic rings. The first kappa shape index (κ1) is 14.4. The molecule has 20 heavy (non-hydrogen) atoms. The summed E-state index contributed by atoms with van der Waals surface area (Å²) in [7, 11) is 0. The molecule has 1 atom stereocenters. The molecule has 1 aliphatic rings. The lowest BCUT2D eigenvalue weighted by Gasteiger charge is -2.23. The van der Waals surface area contributed by atoms with Gasteiger partial charge in [0.05, 0.1) is 12.3 Å². The lowest BCUT2D eigenvalue weighted by atomic mass is 10.2. The number of aromatic carboxylic acids is 1. The fraction of sp³-hybridized carbons (Fsp3) is 0.667. The molecule has 1 unspecified atom stereocenters. The number of nitrogens with zero attached hydrogens (tertiary/aromatic N) is 4. The zero-order valence-electron chi connectivity index (χ0n) is 11.4. The van der Waals surface area contributed by atoms with E-state index < -0.39 is 5.97 Å². The third-order valence-corrected chi connectivity index (χ3v) is 3.24. The second-order valence-electron chi connectivity index (χ2n) is 4.67. The summed E-state index contributed by atoms with van der Waals surface area (Å²) in [5, 5.41) is 15.9. The van der Waals surface area contributed by atoms with Crippen LogP contribution in [0.2, 0.25) is 0 Å². The Hall–Kier alpha value is -1.96. The van der Waals surface area contributed by atoms with E-state index in [2.05, 4.69) is 10.3 Å². The van der Waals surface area contributed by atoms with Crippen LogP contribution in [-0.4, -0.2) is 62.7 Å². The average Bonchev–Trinajstić information content (AvgIpc) is 3.06. The molecule has 0 saturated carbocycles. The van der Waals surface area contributed by atoms with Crippen LogP contribution < -0.4 is 0 Å². The van der Waals surface area contributed by atoms with Gasteiger partial charge in [-0.15, -0.1) is 5.10 Å². The van der Waals surface area contributed by atoms with Gasteiger partial charge in [0, 0.05) is 19.7 Å². The van der Waals surface area contributed by atoms with Crippen LogP contribution in [-0.2, 0) is 16.1 Å². The Morgan fingerprint density at radius 3 is 2.95 bits per heavy atom. The molecule has 1 saturated heterocycles. The quantitative estimate of drug-likeness (QED) is 0.789. The van der Waals surface area contributed by atoms with Crippen LogP contribution >= 0.6 is 0 Å². The molecule has 1 amide bonds. The van der Waals surface area contributed by atoms with Crippen molar-refractivity contribution in [3.05, 3.63) is 11.9 Å². The van der Waals surface area contributed by atoms with E-state index >= 15 is 0 Å². The van der Waals surface area contributed by atoms with Gasteiger partial charge in [0.25, 0.3) is 0 Å². The molecule has 0 spiro atoms. The molecule has 1 aromatic heterocycles. The van der Waals surface area contributed by atoms with Crippen LogP contribution in [0.15, 0.2) is 6.20 Å². The monoisotopic (exact) mass is 282 g/mol. The summed E-state index contributed by atoms with van der Waals surface area (Å²) in [6.45, 7) is 3.79. The molecule has 0 aromatic carbocycles. The molecule has 110 valence electrons. The Morgan fingerprint density at radius 1 is 1.60 bits per heavy atom. The van der Waals surface area contributed by atoms with Gasteiger partial charge in [-0.25, -0.2) is 9.48 Å². The lowest BCUT2D eigenvalue weighted by Crippen LogP contribution is -2.39. The second kappa shape index (κ2) is 6.47. The van der Waals surface area contributed by atoms with Gasteiger partial charge in [0.2, 0.25) is 5.91 Å². The van der Waals surface area contributed by atoms with Gasteiger partial charge in [-0.3, -0.25) is 4.79 Å². The predicted molar refractivity (Wildman–Crippen MR) is 68.2 cm³/mol. The Labute approximate surface area is 116 Å². The van der Waals surface area contributed by atoms with Crippen molar-refractivity contribution in [2.24, 2.45) is 0 Å².